The van der Waals surface area contributed by atoms with Crippen molar-refractivity contribution in [2.45, 2.75) is 25.3 Å². The Morgan fingerprint density at radius 3 is 1.17 bits per heavy atom. The molecule has 2 heterocycles. The molecule has 0 saturated carbocycles. The van der Waals surface area contributed by atoms with Gasteiger partial charge in [0.25, 0.3) is 0 Å². The van der Waals surface area contributed by atoms with Crippen LogP contribution in [0.5, 0.6) is 11.5 Å². The van der Waals surface area contributed by atoms with Crippen LogP contribution < -0.4 is 9.47 Å². The molecule has 0 radical (unpaired) electrons. The first-order valence-electron chi connectivity index (χ1n) is 15.3. The molecule has 2 fully saturated rings. The van der Waals surface area contributed by atoms with Crippen LogP contribution in [0.3, 0.4) is 0 Å². The number of β-amino-alcohol motifs (C(OH)–C–C–N with tert-alkyl or cyclic N) is 2. The van der Waals surface area contributed by atoms with Gasteiger partial charge in [-0.25, -0.2) is 0 Å². The third-order valence-corrected chi connectivity index (χ3v) is 8.07. The second-order valence-electron chi connectivity index (χ2n) is 11.5. The lowest BCUT2D eigenvalue weighted by molar-refractivity contribution is 0.0437. The van der Waals surface area contributed by atoms with Gasteiger partial charge in [0, 0.05) is 78.5 Å². The molecule has 2 aliphatic rings. The Balaban J connectivity index is 0.928. The van der Waals surface area contributed by atoms with Crippen molar-refractivity contribution in [1.29, 1.82) is 0 Å². The van der Waals surface area contributed by atoms with E-state index in [1.807, 2.05) is 24.3 Å². The van der Waals surface area contributed by atoms with E-state index in [9.17, 15) is 10.2 Å². The Hall–Kier alpha value is -2.98. The molecule has 8 heteroatoms. The molecule has 2 atom stereocenters. The van der Waals surface area contributed by atoms with Crippen molar-refractivity contribution in [1.82, 2.24) is 19.6 Å². The summed E-state index contributed by atoms with van der Waals surface area (Å²) in [5, 5.41) is 21.1. The minimum absolute atomic E-state index is 0.252. The third-order valence-electron chi connectivity index (χ3n) is 8.07. The van der Waals surface area contributed by atoms with Gasteiger partial charge in [0.2, 0.25) is 0 Å². The molecule has 3 aromatic rings. The Labute approximate surface area is 250 Å². The van der Waals surface area contributed by atoms with Crippen molar-refractivity contribution in [2.24, 2.45) is 0 Å². The second-order valence-corrected chi connectivity index (χ2v) is 11.5. The fourth-order valence-electron chi connectivity index (χ4n) is 5.66. The van der Waals surface area contributed by atoms with Crippen LogP contribution in [0.25, 0.3) is 0 Å². The number of aliphatic hydroxyl groups is 2. The predicted octanol–water partition coefficient (Wildman–Crippen LogP) is 2.80. The van der Waals surface area contributed by atoms with Crippen molar-refractivity contribution in [3.8, 4) is 11.5 Å². The maximum atomic E-state index is 10.5. The summed E-state index contributed by atoms with van der Waals surface area (Å²) < 4.78 is 11.7. The van der Waals surface area contributed by atoms with Crippen LogP contribution in [0.1, 0.15) is 11.1 Å². The van der Waals surface area contributed by atoms with Crippen LogP contribution in [-0.4, -0.2) is 121 Å². The number of aliphatic hydroxyl groups excluding tert-OH is 2. The normalized spacial score (nSPS) is 18.9. The largest absolute Gasteiger partial charge is 0.491 e. The molecule has 42 heavy (non-hydrogen) atoms. The predicted molar refractivity (Wildman–Crippen MR) is 166 cm³/mol. The summed E-state index contributed by atoms with van der Waals surface area (Å²) in [4.78, 5) is 9.54. The van der Waals surface area contributed by atoms with Gasteiger partial charge in [-0.1, -0.05) is 60.7 Å². The van der Waals surface area contributed by atoms with Gasteiger partial charge in [-0.15, -0.1) is 0 Å². The summed E-state index contributed by atoms with van der Waals surface area (Å²) in [7, 11) is 0. The zero-order valence-corrected chi connectivity index (χ0v) is 24.6. The minimum atomic E-state index is -0.544. The SMILES string of the molecule is O[C@H](COc1ccc(OC[C@@H](O)CN2CCN(Cc3ccccc3)CC2)cc1)CN1CCN(Cc2ccccc2)CC1. The van der Waals surface area contributed by atoms with Crippen LogP contribution >= 0.6 is 0 Å². The van der Waals surface area contributed by atoms with Crippen LogP contribution in [0, 0.1) is 0 Å². The average molecular weight is 575 g/mol. The number of hydrogen-bond acceptors (Lipinski definition) is 8. The lowest BCUT2D eigenvalue weighted by Gasteiger charge is -2.35. The smallest absolute Gasteiger partial charge is 0.119 e. The van der Waals surface area contributed by atoms with E-state index in [2.05, 4.69) is 80.3 Å². The molecule has 0 unspecified atom stereocenters. The molecule has 0 aliphatic carbocycles. The lowest BCUT2D eigenvalue weighted by atomic mass is 10.2. The van der Waals surface area contributed by atoms with Crippen molar-refractivity contribution >= 4 is 0 Å². The summed E-state index contributed by atoms with van der Waals surface area (Å²) >= 11 is 0. The fourth-order valence-corrected chi connectivity index (χ4v) is 5.66. The first kappa shape index (κ1) is 30.5. The quantitative estimate of drug-likeness (QED) is 0.305. The van der Waals surface area contributed by atoms with E-state index in [4.69, 9.17) is 9.47 Å². The maximum Gasteiger partial charge on any atom is 0.119 e. The van der Waals surface area contributed by atoms with E-state index in [1.54, 1.807) is 0 Å². The zero-order chi connectivity index (χ0) is 29.0. The summed E-state index contributed by atoms with van der Waals surface area (Å²) in [6.07, 6.45) is -1.09. The molecule has 2 saturated heterocycles. The molecule has 2 N–H and O–H groups in total. The van der Waals surface area contributed by atoms with Crippen molar-refractivity contribution in [3.05, 3.63) is 96.1 Å². The Bertz CT molecular complexity index is 1060. The Morgan fingerprint density at radius 2 is 0.810 bits per heavy atom. The van der Waals surface area contributed by atoms with Crippen molar-refractivity contribution in [3.63, 3.8) is 0 Å². The molecule has 2 aliphatic heterocycles. The minimum Gasteiger partial charge on any atom is -0.491 e. The fraction of sp³-hybridized carbons (Fsp3) is 0.471. The number of nitrogens with zero attached hydrogens (tertiary/aromatic N) is 4. The van der Waals surface area contributed by atoms with Gasteiger partial charge in [-0.3, -0.25) is 19.6 Å². The van der Waals surface area contributed by atoms with E-state index in [1.165, 1.54) is 11.1 Å². The molecule has 0 bridgehead atoms. The summed E-state index contributed by atoms with van der Waals surface area (Å²) in [5.74, 6) is 1.39. The van der Waals surface area contributed by atoms with Gasteiger partial charge in [0.15, 0.2) is 0 Å². The first-order valence-corrected chi connectivity index (χ1v) is 15.3. The van der Waals surface area contributed by atoms with Crippen LogP contribution in [0.2, 0.25) is 0 Å². The molecular weight excluding hydrogens is 528 g/mol. The van der Waals surface area contributed by atoms with Crippen LogP contribution in [-0.2, 0) is 13.1 Å². The van der Waals surface area contributed by atoms with Crippen molar-refractivity contribution < 1.29 is 19.7 Å². The number of benzene rings is 3. The van der Waals surface area contributed by atoms with Crippen LogP contribution in [0.4, 0.5) is 0 Å². The van der Waals surface area contributed by atoms with E-state index in [0.717, 1.165) is 65.4 Å². The summed E-state index contributed by atoms with van der Waals surface area (Å²) in [6.45, 7) is 11.5. The van der Waals surface area contributed by atoms with E-state index in [0.29, 0.717) is 24.6 Å². The monoisotopic (exact) mass is 574 g/mol. The number of piperazine rings is 2. The maximum absolute atomic E-state index is 10.5. The van der Waals surface area contributed by atoms with Gasteiger partial charge in [-0.2, -0.15) is 0 Å². The number of ether oxygens (including phenoxy) is 2. The first-order chi connectivity index (χ1) is 20.6. The number of rotatable bonds is 14. The molecule has 3 aromatic carbocycles. The number of hydrogen-bond donors (Lipinski definition) is 2. The summed E-state index contributed by atoms with van der Waals surface area (Å²) in [6, 6.07) is 28.5. The average Bonchev–Trinajstić information content (AvgIpc) is 3.02. The standard InChI is InChI=1S/C34H46N4O4/c39-31(25-37-19-15-35(16-20-37)23-29-7-3-1-4-8-29)27-41-33-11-13-34(14-12-33)42-28-32(40)26-38-21-17-36(18-22-38)24-30-9-5-2-6-10-30/h1-14,31-32,39-40H,15-28H2/t31-,32-/m0/s1. The Morgan fingerprint density at radius 1 is 0.476 bits per heavy atom. The van der Waals surface area contributed by atoms with Gasteiger partial charge in [0.1, 0.15) is 36.9 Å². The molecular formula is C34H46N4O4. The summed E-state index contributed by atoms with van der Waals surface area (Å²) in [5.41, 5.74) is 2.69. The topological polar surface area (TPSA) is 71.9 Å². The molecule has 0 aromatic heterocycles. The zero-order valence-electron chi connectivity index (χ0n) is 24.6. The highest BCUT2D eigenvalue weighted by atomic mass is 16.5. The third kappa shape index (κ3) is 10.1. The van der Waals surface area contributed by atoms with E-state index >= 15 is 0 Å². The van der Waals surface area contributed by atoms with Crippen LogP contribution in [0.15, 0.2) is 84.9 Å². The highest BCUT2D eigenvalue weighted by Crippen LogP contribution is 2.18. The highest BCUT2D eigenvalue weighted by Gasteiger charge is 2.21. The molecule has 226 valence electrons. The molecule has 8 nitrogen and oxygen atoms in total. The lowest BCUT2D eigenvalue weighted by Crippen LogP contribution is -2.48. The van der Waals surface area contributed by atoms with Gasteiger partial charge in [0.05, 0.1) is 0 Å². The van der Waals surface area contributed by atoms with E-state index < -0.39 is 12.2 Å². The van der Waals surface area contributed by atoms with Gasteiger partial charge >= 0.3 is 0 Å². The van der Waals surface area contributed by atoms with Gasteiger partial charge < -0.3 is 19.7 Å². The molecule has 0 amide bonds. The molecule has 0 spiro atoms. The van der Waals surface area contributed by atoms with Gasteiger partial charge in [-0.05, 0) is 35.4 Å². The second kappa shape index (κ2) is 16.0. The Kier molecular flexibility index (Phi) is 11.6. The molecule has 5 rings (SSSR count). The highest BCUT2D eigenvalue weighted by molar-refractivity contribution is 5.31. The van der Waals surface area contributed by atoms with E-state index in [-0.39, 0.29) is 13.2 Å². The van der Waals surface area contributed by atoms with Crippen molar-refractivity contribution in [2.75, 3.05) is 78.7 Å².